The Labute approximate surface area is 76.1 Å². The Morgan fingerprint density at radius 1 is 1.69 bits per heavy atom. The molecule has 1 aromatic heterocycles. The Hall–Kier alpha value is -1.09. The van der Waals surface area contributed by atoms with E-state index < -0.39 is 0 Å². The minimum atomic E-state index is -0.148. The largest absolute Gasteiger partial charge is 0.380 e. The summed E-state index contributed by atoms with van der Waals surface area (Å²) in [5.41, 5.74) is 0.582. The number of Topliss-reactive ketones (excluding diaryl/α,β-unsaturated/α-hetero) is 1. The Kier molecular flexibility index (Phi) is 1.26. The van der Waals surface area contributed by atoms with Gasteiger partial charge in [-0.1, -0.05) is 0 Å². The number of hydrogen-bond acceptors (Lipinski definition) is 2. The second kappa shape index (κ2) is 2.23. The summed E-state index contributed by atoms with van der Waals surface area (Å²) in [6, 6.07) is 3.70. The molecule has 1 N–H and O–H groups in total. The van der Waals surface area contributed by atoms with Gasteiger partial charge in [0.25, 0.3) is 0 Å². The summed E-state index contributed by atoms with van der Waals surface area (Å²) in [6.07, 6.45) is 2.81. The lowest BCUT2D eigenvalue weighted by molar-refractivity contribution is 0.0825. The normalized spacial score (nSPS) is 35.8. The second-order valence-electron chi connectivity index (χ2n) is 3.99. The molecule has 2 aliphatic rings. The van der Waals surface area contributed by atoms with E-state index in [0.29, 0.717) is 12.5 Å². The van der Waals surface area contributed by atoms with E-state index in [4.69, 9.17) is 4.74 Å². The first-order chi connectivity index (χ1) is 6.33. The summed E-state index contributed by atoms with van der Waals surface area (Å²) in [7, 11) is 0. The number of ether oxygens (including phenoxy) is 1. The fraction of sp³-hybridized carbons (Fsp3) is 0.500. The van der Waals surface area contributed by atoms with Gasteiger partial charge < -0.3 is 9.72 Å². The van der Waals surface area contributed by atoms with Crippen molar-refractivity contribution in [1.29, 1.82) is 0 Å². The smallest absolute Gasteiger partial charge is 0.187 e. The Morgan fingerprint density at radius 3 is 3.15 bits per heavy atom. The molecule has 0 radical (unpaired) electrons. The molecular weight excluding hydrogens is 166 g/mol. The van der Waals surface area contributed by atoms with Crippen LogP contribution in [0.1, 0.15) is 16.9 Å². The predicted octanol–water partition coefficient (Wildman–Crippen LogP) is 1.23. The van der Waals surface area contributed by atoms with Crippen LogP contribution in [-0.4, -0.2) is 24.0 Å². The molecule has 2 atom stereocenters. The quantitative estimate of drug-likeness (QED) is 0.690. The maximum atomic E-state index is 12.0. The van der Waals surface area contributed by atoms with Gasteiger partial charge in [-0.2, -0.15) is 0 Å². The van der Waals surface area contributed by atoms with E-state index >= 15 is 0 Å². The summed E-state index contributed by atoms with van der Waals surface area (Å²) >= 11 is 0. The van der Waals surface area contributed by atoms with Gasteiger partial charge in [-0.3, -0.25) is 4.79 Å². The molecule has 2 fully saturated rings. The highest BCUT2D eigenvalue weighted by Gasteiger charge is 2.63. The zero-order valence-electron chi connectivity index (χ0n) is 7.25. The molecule has 1 aliphatic heterocycles. The van der Waals surface area contributed by atoms with Crippen LogP contribution in [-0.2, 0) is 4.74 Å². The van der Waals surface area contributed by atoms with E-state index in [1.807, 2.05) is 12.1 Å². The average molecular weight is 177 g/mol. The molecule has 0 spiro atoms. The van der Waals surface area contributed by atoms with E-state index in [1.54, 1.807) is 6.20 Å². The number of hydrogen-bond donors (Lipinski definition) is 1. The molecule has 3 heteroatoms. The van der Waals surface area contributed by atoms with Crippen molar-refractivity contribution in [3.63, 3.8) is 0 Å². The van der Waals surface area contributed by atoms with E-state index in [2.05, 4.69) is 4.98 Å². The lowest BCUT2D eigenvalue weighted by Crippen LogP contribution is -2.19. The first-order valence-electron chi connectivity index (χ1n) is 4.59. The number of carbonyl (C=O) groups excluding carboxylic acids is 1. The first kappa shape index (κ1) is 7.33. The third-order valence-electron chi connectivity index (χ3n) is 3.21. The van der Waals surface area contributed by atoms with Gasteiger partial charge in [0.15, 0.2) is 5.78 Å². The van der Waals surface area contributed by atoms with Gasteiger partial charge in [0, 0.05) is 6.20 Å². The standard InChI is InChI=1S/C10H11NO2/c12-9(8-2-1-3-11-8)10-4-7(10)5-13-6-10/h1-3,7,11H,4-6H2. The maximum absolute atomic E-state index is 12.0. The summed E-state index contributed by atoms with van der Waals surface area (Å²) in [4.78, 5) is 14.9. The van der Waals surface area contributed by atoms with Crippen LogP contribution in [0.4, 0.5) is 0 Å². The van der Waals surface area contributed by atoms with E-state index in [9.17, 15) is 4.79 Å². The molecule has 0 amide bonds. The number of H-pyrrole nitrogens is 1. The fourth-order valence-electron chi connectivity index (χ4n) is 2.24. The molecule has 2 heterocycles. The van der Waals surface area contributed by atoms with Crippen LogP contribution < -0.4 is 0 Å². The van der Waals surface area contributed by atoms with Crippen molar-refractivity contribution in [3.05, 3.63) is 24.0 Å². The Bertz CT molecular complexity index is 344. The fourth-order valence-corrected chi connectivity index (χ4v) is 2.24. The third kappa shape index (κ3) is 0.851. The molecule has 1 aliphatic carbocycles. The number of aromatic nitrogens is 1. The molecule has 13 heavy (non-hydrogen) atoms. The van der Waals surface area contributed by atoms with Crippen LogP contribution in [0, 0.1) is 11.3 Å². The molecule has 3 rings (SSSR count). The molecule has 2 unspecified atom stereocenters. The van der Waals surface area contributed by atoms with Gasteiger partial charge in [0.1, 0.15) is 0 Å². The van der Waals surface area contributed by atoms with Crippen molar-refractivity contribution in [1.82, 2.24) is 4.98 Å². The highest BCUT2D eigenvalue weighted by atomic mass is 16.5. The molecule has 1 saturated carbocycles. The van der Waals surface area contributed by atoms with Crippen molar-refractivity contribution in [2.45, 2.75) is 6.42 Å². The van der Waals surface area contributed by atoms with Crippen molar-refractivity contribution in [3.8, 4) is 0 Å². The van der Waals surface area contributed by atoms with Crippen molar-refractivity contribution >= 4 is 5.78 Å². The highest BCUT2D eigenvalue weighted by Crippen LogP contribution is 2.58. The Balaban J connectivity index is 1.91. The number of fused-ring (bicyclic) bond motifs is 1. The predicted molar refractivity (Wildman–Crippen MR) is 46.5 cm³/mol. The summed E-state index contributed by atoms with van der Waals surface area (Å²) < 4.78 is 5.29. The van der Waals surface area contributed by atoms with Gasteiger partial charge in [0.2, 0.25) is 0 Å². The molecular formula is C10H11NO2. The summed E-state index contributed by atoms with van der Waals surface area (Å²) in [6.45, 7) is 1.39. The molecule has 0 bridgehead atoms. The third-order valence-corrected chi connectivity index (χ3v) is 3.21. The van der Waals surface area contributed by atoms with Gasteiger partial charge in [-0.05, 0) is 24.5 Å². The van der Waals surface area contributed by atoms with Crippen LogP contribution in [0.25, 0.3) is 0 Å². The number of aromatic amines is 1. The minimum Gasteiger partial charge on any atom is -0.380 e. The molecule has 0 aromatic carbocycles. The lowest BCUT2D eigenvalue weighted by atomic mass is 9.98. The second-order valence-corrected chi connectivity index (χ2v) is 3.99. The summed E-state index contributed by atoms with van der Waals surface area (Å²) in [5, 5.41) is 0. The van der Waals surface area contributed by atoms with Gasteiger partial charge in [-0.15, -0.1) is 0 Å². The Morgan fingerprint density at radius 2 is 2.62 bits per heavy atom. The molecule has 3 nitrogen and oxygen atoms in total. The van der Waals surface area contributed by atoms with Crippen LogP contribution in [0.15, 0.2) is 18.3 Å². The van der Waals surface area contributed by atoms with Gasteiger partial charge >= 0.3 is 0 Å². The zero-order valence-corrected chi connectivity index (χ0v) is 7.25. The topological polar surface area (TPSA) is 42.1 Å². The lowest BCUT2D eigenvalue weighted by Gasteiger charge is -2.07. The number of carbonyl (C=O) groups is 1. The maximum Gasteiger partial charge on any atom is 0.187 e. The number of nitrogens with one attached hydrogen (secondary N) is 1. The average Bonchev–Trinajstić information content (AvgIpc) is 2.63. The number of rotatable bonds is 2. The van der Waals surface area contributed by atoms with Crippen LogP contribution >= 0.6 is 0 Å². The van der Waals surface area contributed by atoms with Gasteiger partial charge in [-0.25, -0.2) is 0 Å². The summed E-state index contributed by atoms with van der Waals surface area (Å²) in [5.74, 6) is 0.725. The monoisotopic (exact) mass is 177 g/mol. The van der Waals surface area contributed by atoms with Gasteiger partial charge in [0.05, 0.1) is 24.3 Å². The molecule has 1 aromatic rings. The van der Waals surface area contributed by atoms with Crippen LogP contribution in [0.5, 0.6) is 0 Å². The first-order valence-corrected chi connectivity index (χ1v) is 4.59. The SMILES string of the molecule is O=C(c1ccc[nH]1)C12COCC1C2. The van der Waals surface area contributed by atoms with Crippen LogP contribution in [0.3, 0.4) is 0 Å². The van der Waals surface area contributed by atoms with Crippen molar-refractivity contribution in [2.75, 3.05) is 13.2 Å². The van der Waals surface area contributed by atoms with Crippen molar-refractivity contribution < 1.29 is 9.53 Å². The van der Waals surface area contributed by atoms with Crippen LogP contribution in [0.2, 0.25) is 0 Å². The molecule has 68 valence electrons. The number of ketones is 1. The van der Waals surface area contributed by atoms with E-state index in [-0.39, 0.29) is 11.2 Å². The van der Waals surface area contributed by atoms with E-state index in [0.717, 1.165) is 18.7 Å². The zero-order chi connectivity index (χ0) is 8.89. The highest BCUT2D eigenvalue weighted by molar-refractivity contribution is 6.01. The molecule has 1 saturated heterocycles. The van der Waals surface area contributed by atoms with E-state index in [1.165, 1.54) is 0 Å². The minimum absolute atomic E-state index is 0.148. The van der Waals surface area contributed by atoms with Crippen molar-refractivity contribution in [2.24, 2.45) is 11.3 Å².